The van der Waals surface area contributed by atoms with Gasteiger partial charge in [-0.15, -0.1) is 0 Å². The maximum atomic E-state index is 12.8. The zero-order valence-corrected chi connectivity index (χ0v) is 17.0. The van der Waals surface area contributed by atoms with Crippen LogP contribution in [0.2, 0.25) is 0 Å². The molecule has 7 heteroatoms. The van der Waals surface area contributed by atoms with Gasteiger partial charge in [0.1, 0.15) is 5.82 Å². The highest BCUT2D eigenvalue weighted by molar-refractivity contribution is 7.92. The maximum Gasteiger partial charge on any atom is 0.263 e. The Bertz CT molecular complexity index is 1110. The highest BCUT2D eigenvalue weighted by Crippen LogP contribution is 2.33. The van der Waals surface area contributed by atoms with Gasteiger partial charge in [0.25, 0.3) is 10.0 Å². The largest absolute Gasteiger partial charge is 0.493 e. The molecule has 0 aliphatic carbocycles. The Kier molecular flexibility index (Phi) is 5.56. The summed E-state index contributed by atoms with van der Waals surface area (Å²) in [5.74, 6) is 1.54. The van der Waals surface area contributed by atoms with Gasteiger partial charge in [0.15, 0.2) is 11.5 Å². The summed E-state index contributed by atoms with van der Waals surface area (Å²) in [6.45, 7) is 3.57. The van der Waals surface area contributed by atoms with Crippen molar-refractivity contribution in [3.05, 3.63) is 65.9 Å². The molecule has 0 fully saturated rings. The SMILES string of the molecule is COc1ccc(-c2ccc(S(=O)(=O)Nc3cccc(C)n3)c(C)c2)cc1OC. The average Bonchev–Trinajstić information content (AvgIpc) is 2.66. The van der Waals surface area contributed by atoms with Crippen molar-refractivity contribution in [3.63, 3.8) is 0 Å². The van der Waals surface area contributed by atoms with E-state index in [1.54, 1.807) is 58.4 Å². The molecule has 0 radical (unpaired) electrons. The molecule has 0 unspecified atom stereocenters. The lowest BCUT2D eigenvalue weighted by molar-refractivity contribution is 0.355. The molecule has 0 aliphatic heterocycles. The highest BCUT2D eigenvalue weighted by Gasteiger charge is 2.18. The van der Waals surface area contributed by atoms with E-state index < -0.39 is 10.0 Å². The van der Waals surface area contributed by atoms with Crippen LogP contribution in [-0.4, -0.2) is 27.6 Å². The van der Waals surface area contributed by atoms with Crippen LogP contribution < -0.4 is 14.2 Å². The van der Waals surface area contributed by atoms with Gasteiger partial charge in [0, 0.05) is 5.69 Å². The van der Waals surface area contributed by atoms with Crippen LogP contribution in [0.1, 0.15) is 11.3 Å². The minimum absolute atomic E-state index is 0.208. The number of hydrogen-bond donors (Lipinski definition) is 1. The number of rotatable bonds is 6. The van der Waals surface area contributed by atoms with Gasteiger partial charge in [0.05, 0.1) is 19.1 Å². The summed E-state index contributed by atoms with van der Waals surface area (Å²) in [7, 11) is -0.583. The Balaban J connectivity index is 1.94. The number of aromatic nitrogens is 1. The van der Waals surface area contributed by atoms with Crippen LogP contribution in [0.5, 0.6) is 11.5 Å². The van der Waals surface area contributed by atoms with Crippen LogP contribution in [0, 0.1) is 13.8 Å². The zero-order chi connectivity index (χ0) is 20.3. The molecule has 1 aromatic heterocycles. The first kappa shape index (κ1) is 19.7. The fourth-order valence-electron chi connectivity index (χ4n) is 2.94. The molecule has 3 rings (SSSR count). The van der Waals surface area contributed by atoms with E-state index in [0.717, 1.165) is 16.8 Å². The number of sulfonamides is 1. The van der Waals surface area contributed by atoms with Gasteiger partial charge in [-0.1, -0.05) is 24.3 Å². The quantitative estimate of drug-likeness (QED) is 0.674. The van der Waals surface area contributed by atoms with Crippen LogP contribution >= 0.6 is 0 Å². The summed E-state index contributed by atoms with van der Waals surface area (Å²) in [6, 6.07) is 16.0. The second-order valence-corrected chi connectivity index (χ2v) is 7.97. The number of ether oxygens (including phenoxy) is 2. The molecule has 2 aromatic carbocycles. The van der Waals surface area contributed by atoms with E-state index in [2.05, 4.69) is 9.71 Å². The van der Waals surface area contributed by atoms with Gasteiger partial charge < -0.3 is 9.47 Å². The number of nitrogens with zero attached hydrogens (tertiary/aromatic N) is 1. The van der Waals surface area contributed by atoms with Crippen molar-refractivity contribution < 1.29 is 17.9 Å². The first-order chi connectivity index (χ1) is 13.3. The lowest BCUT2D eigenvalue weighted by atomic mass is 10.0. The van der Waals surface area contributed by atoms with Gasteiger partial charge in [-0.3, -0.25) is 4.72 Å². The van der Waals surface area contributed by atoms with Crippen LogP contribution in [0.3, 0.4) is 0 Å². The van der Waals surface area contributed by atoms with Crippen molar-refractivity contribution in [3.8, 4) is 22.6 Å². The van der Waals surface area contributed by atoms with E-state index in [9.17, 15) is 8.42 Å². The van der Waals surface area contributed by atoms with E-state index in [1.165, 1.54) is 0 Å². The lowest BCUT2D eigenvalue weighted by Crippen LogP contribution is -2.15. The number of aryl methyl sites for hydroxylation is 2. The number of anilines is 1. The van der Waals surface area contributed by atoms with Gasteiger partial charge in [-0.2, -0.15) is 0 Å². The van der Waals surface area contributed by atoms with Crippen LogP contribution in [0.15, 0.2) is 59.5 Å². The molecule has 0 atom stereocenters. The average molecular weight is 398 g/mol. The highest BCUT2D eigenvalue weighted by atomic mass is 32.2. The molecule has 1 N–H and O–H groups in total. The standard InChI is InChI=1S/C21H22N2O4S/c1-14-12-16(17-8-10-18(26-3)19(13-17)27-4)9-11-20(14)28(24,25)23-21-7-5-6-15(2)22-21/h5-13H,1-4H3,(H,22,23). The normalized spacial score (nSPS) is 11.1. The zero-order valence-electron chi connectivity index (χ0n) is 16.2. The van der Waals surface area contributed by atoms with Crippen LogP contribution in [-0.2, 0) is 10.0 Å². The maximum absolute atomic E-state index is 12.8. The third-order valence-electron chi connectivity index (χ3n) is 4.31. The lowest BCUT2D eigenvalue weighted by Gasteiger charge is -2.13. The Morgan fingerprint density at radius 3 is 2.18 bits per heavy atom. The topological polar surface area (TPSA) is 77.5 Å². The Morgan fingerprint density at radius 1 is 0.857 bits per heavy atom. The summed E-state index contributed by atoms with van der Waals surface area (Å²) in [5.41, 5.74) is 3.15. The molecule has 0 saturated heterocycles. The smallest absolute Gasteiger partial charge is 0.263 e. The number of pyridine rings is 1. The number of methoxy groups -OCH3 is 2. The number of nitrogens with one attached hydrogen (secondary N) is 1. The first-order valence-electron chi connectivity index (χ1n) is 8.63. The predicted molar refractivity (Wildman–Crippen MR) is 110 cm³/mol. The molecular weight excluding hydrogens is 376 g/mol. The Labute approximate surface area is 165 Å². The molecule has 0 aliphatic rings. The van der Waals surface area contributed by atoms with Crippen LogP contribution in [0.4, 0.5) is 5.82 Å². The van der Waals surface area contributed by atoms with Crippen molar-refractivity contribution in [2.45, 2.75) is 18.7 Å². The second-order valence-electron chi connectivity index (χ2n) is 6.32. The van der Waals surface area contributed by atoms with Gasteiger partial charge in [-0.25, -0.2) is 13.4 Å². The van der Waals surface area contributed by atoms with E-state index in [4.69, 9.17) is 9.47 Å². The first-order valence-corrected chi connectivity index (χ1v) is 10.1. The summed E-state index contributed by atoms with van der Waals surface area (Å²) in [4.78, 5) is 4.41. The molecule has 0 bridgehead atoms. The van der Waals surface area contributed by atoms with Crippen molar-refractivity contribution in [1.29, 1.82) is 0 Å². The molecule has 28 heavy (non-hydrogen) atoms. The van der Waals surface area contributed by atoms with E-state index in [-0.39, 0.29) is 4.90 Å². The fourth-order valence-corrected chi connectivity index (χ4v) is 4.17. The molecule has 0 spiro atoms. The summed E-state index contributed by atoms with van der Waals surface area (Å²) >= 11 is 0. The van der Waals surface area contributed by atoms with Crippen molar-refractivity contribution in [2.75, 3.05) is 18.9 Å². The third kappa shape index (κ3) is 4.09. The minimum atomic E-state index is -3.74. The van der Waals surface area contributed by atoms with E-state index in [1.807, 2.05) is 24.3 Å². The van der Waals surface area contributed by atoms with E-state index >= 15 is 0 Å². The molecule has 6 nitrogen and oxygen atoms in total. The summed E-state index contributed by atoms with van der Waals surface area (Å²) in [6.07, 6.45) is 0. The number of hydrogen-bond acceptors (Lipinski definition) is 5. The second kappa shape index (κ2) is 7.90. The van der Waals surface area contributed by atoms with Gasteiger partial charge in [0.2, 0.25) is 0 Å². The fraction of sp³-hybridized carbons (Fsp3) is 0.190. The van der Waals surface area contributed by atoms with Crippen molar-refractivity contribution in [2.24, 2.45) is 0 Å². The molecular formula is C21H22N2O4S. The van der Waals surface area contributed by atoms with Gasteiger partial charge >= 0.3 is 0 Å². The summed E-state index contributed by atoms with van der Waals surface area (Å²) < 4.78 is 38.7. The Hall–Kier alpha value is -3.06. The molecule has 0 amide bonds. The van der Waals surface area contributed by atoms with Crippen LogP contribution in [0.25, 0.3) is 11.1 Å². The third-order valence-corrected chi connectivity index (χ3v) is 5.82. The van der Waals surface area contributed by atoms with E-state index in [0.29, 0.717) is 22.9 Å². The molecule has 0 saturated carbocycles. The van der Waals surface area contributed by atoms with Gasteiger partial charge in [-0.05, 0) is 60.9 Å². The molecule has 146 valence electrons. The number of benzene rings is 2. The van der Waals surface area contributed by atoms with Crippen molar-refractivity contribution >= 4 is 15.8 Å². The monoisotopic (exact) mass is 398 g/mol. The Morgan fingerprint density at radius 2 is 1.54 bits per heavy atom. The van der Waals surface area contributed by atoms with Crippen molar-refractivity contribution in [1.82, 2.24) is 4.98 Å². The predicted octanol–water partition coefficient (Wildman–Crippen LogP) is 4.18. The summed E-state index contributed by atoms with van der Waals surface area (Å²) in [5, 5.41) is 0. The molecule has 1 heterocycles. The minimum Gasteiger partial charge on any atom is -0.493 e. The molecule has 3 aromatic rings.